The Bertz CT molecular complexity index is 1720. The average molecular weight is 639 g/mol. The maximum absolute atomic E-state index is 14.0. The number of amidine groups is 1. The minimum atomic E-state index is -4.76. The van der Waals surface area contributed by atoms with Crippen molar-refractivity contribution in [2.45, 2.75) is 39.5 Å². The van der Waals surface area contributed by atoms with Crippen molar-refractivity contribution in [2.24, 2.45) is 4.99 Å². The number of aliphatic imine (C=N–C) groups is 1. The number of hydrogen-bond acceptors (Lipinski definition) is 5. The van der Waals surface area contributed by atoms with Crippen molar-refractivity contribution in [3.05, 3.63) is 95.7 Å². The minimum Gasteiger partial charge on any atom is -0.406 e. The molecule has 0 saturated carbocycles. The molecule has 234 valence electrons. The molecule has 2 amide bonds. The first-order valence-corrected chi connectivity index (χ1v) is 15.1. The van der Waals surface area contributed by atoms with Gasteiger partial charge in [0.15, 0.2) is 11.0 Å². The molecule has 8 nitrogen and oxygen atoms in total. The highest BCUT2D eigenvalue weighted by atomic mass is 32.2. The predicted octanol–water partition coefficient (Wildman–Crippen LogP) is 8.17. The Balaban J connectivity index is 1.24. The summed E-state index contributed by atoms with van der Waals surface area (Å²) in [5, 5.41) is 7.80. The largest absolute Gasteiger partial charge is 0.573 e. The van der Waals surface area contributed by atoms with Gasteiger partial charge < -0.3 is 15.0 Å². The van der Waals surface area contributed by atoms with Gasteiger partial charge in [-0.3, -0.25) is 0 Å². The second kappa shape index (κ2) is 13.6. The number of nitrogens with zero attached hydrogens (tertiary/aromatic N) is 5. The van der Waals surface area contributed by atoms with Gasteiger partial charge in [-0.25, -0.2) is 18.9 Å². The SMILES string of the molecule is C/C(=C\c1ccc(-c2ncn(-c3ccc(OC(F)(F)F)cc3)n2)cc1)NC(=O)N=C1SCCCN1c1ccc(F)cc1C(C)C. The number of amides is 2. The predicted molar refractivity (Wildman–Crippen MR) is 168 cm³/mol. The molecule has 3 aromatic carbocycles. The number of aromatic nitrogens is 3. The van der Waals surface area contributed by atoms with Gasteiger partial charge in [0.25, 0.3) is 0 Å². The Labute approximate surface area is 261 Å². The van der Waals surface area contributed by atoms with Crippen LogP contribution in [0.3, 0.4) is 0 Å². The second-order valence-corrected chi connectivity index (χ2v) is 11.6. The number of hydrogen-bond donors (Lipinski definition) is 1. The molecule has 0 spiro atoms. The number of carbonyl (C=O) groups excluding carboxylic acids is 1. The van der Waals surface area contributed by atoms with Gasteiger partial charge in [0, 0.05) is 29.2 Å². The van der Waals surface area contributed by atoms with Crippen LogP contribution < -0.4 is 15.0 Å². The molecule has 13 heteroatoms. The maximum Gasteiger partial charge on any atom is 0.573 e. The molecule has 0 unspecified atom stereocenters. The lowest BCUT2D eigenvalue weighted by Gasteiger charge is -2.32. The van der Waals surface area contributed by atoms with Gasteiger partial charge in [0.05, 0.1) is 5.69 Å². The molecule has 0 bridgehead atoms. The third-order valence-corrected chi connectivity index (χ3v) is 7.83. The van der Waals surface area contributed by atoms with Crippen molar-refractivity contribution < 1.29 is 27.1 Å². The normalized spacial score (nSPS) is 15.1. The Kier molecular flexibility index (Phi) is 9.57. The van der Waals surface area contributed by atoms with Crippen LogP contribution in [-0.4, -0.2) is 44.6 Å². The maximum atomic E-state index is 14.0. The van der Waals surface area contributed by atoms with E-state index >= 15 is 0 Å². The van der Waals surface area contributed by atoms with E-state index in [1.165, 1.54) is 59.2 Å². The Hall–Kier alpha value is -4.65. The summed E-state index contributed by atoms with van der Waals surface area (Å²) in [5.74, 6) is 0.740. The number of alkyl halides is 3. The molecule has 0 aliphatic carbocycles. The summed E-state index contributed by atoms with van der Waals surface area (Å²) in [6.07, 6.45) is -0.572. The number of carbonyl (C=O) groups is 1. The van der Waals surface area contributed by atoms with Gasteiger partial charge >= 0.3 is 12.4 Å². The molecule has 1 aliphatic heterocycles. The molecular formula is C32H30F4N6O2S. The number of rotatable bonds is 7. The minimum absolute atomic E-state index is 0.100. The zero-order valence-corrected chi connectivity index (χ0v) is 25.5. The van der Waals surface area contributed by atoms with E-state index in [4.69, 9.17) is 0 Å². The molecule has 1 aromatic heterocycles. The van der Waals surface area contributed by atoms with E-state index in [1.54, 1.807) is 19.1 Å². The Morgan fingerprint density at radius 3 is 2.51 bits per heavy atom. The number of ether oxygens (including phenoxy) is 1. The van der Waals surface area contributed by atoms with Gasteiger partial charge in [-0.1, -0.05) is 49.9 Å². The summed E-state index contributed by atoms with van der Waals surface area (Å²) in [6, 6.07) is 16.9. The van der Waals surface area contributed by atoms with Crippen molar-refractivity contribution in [3.8, 4) is 22.8 Å². The van der Waals surface area contributed by atoms with Crippen LogP contribution in [0, 0.1) is 5.82 Å². The fourth-order valence-electron chi connectivity index (χ4n) is 4.73. The van der Waals surface area contributed by atoms with Crippen molar-refractivity contribution in [3.63, 3.8) is 0 Å². The lowest BCUT2D eigenvalue weighted by molar-refractivity contribution is -0.274. The summed E-state index contributed by atoms with van der Waals surface area (Å²) in [6.45, 7) is 6.46. The Morgan fingerprint density at radius 2 is 1.82 bits per heavy atom. The lowest BCUT2D eigenvalue weighted by Crippen LogP contribution is -2.36. The molecule has 0 atom stereocenters. The number of allylic oxidation sites excluding steroid dienone is 1. The standard InChI is InChI=1S/C32H30F4N6O2S/c1-20(2)27-18-24(33)9-14-28(27)41-15-4-16-45-31(41)39-30(43)38-21(3)17-22-5-7-23(8-6-22)29-37-19-42(40-29)25-10-12-26(13-11-25)44-32(34,35)36/h5-14,17-20H,4,15-16H2,1-3H3,(H,38,43)/b21-17+,39-31?. The molecule has 4 aromatic rings. The number of anilines is 1. The molecular weight excluding hydrogens is 608 g/mol. The van der Waals surface area contributed by atoms with Gasteiger partial charge in [0.1, 0.15) is 17.9 Å². The monoisotopic (exact) mass is 638 g/mol. The van der Waals surface area contributed by atoms with Gasteiger partial charge in [0.2, 0.25) is 0 Å². The highest BCUT2D eigenvalue weighted by Gasteiger charge is 2.31. The smallest absolute Gasteiger partial charge is 0.406 e. The van der Waals surface area contributed by atoms with E-state index in [0.717, 1.165) is 34.6 Å². The van der Waals surface area contributed by atoms with Crippen molar-refractivity contribution in [1.82, 2.24) is 20.1 Å². The van der Waals surface area contributed by atoms with E-state index in [1.807, 2.05) is 43.0 Å². The quantitative estimate of drug-likeness (QED) is 0.206. The number of benzene rings is 3. The second-order valence-electron chi connectivity index (χ2n) is 10.5. The van der Waals surface area contributed by atoms with Crippen LogP contribution in [0.2, 0.25) is 0 Å². The van der Waals surface area contributed by atoms with Crippen molar-refractivity contribution in [2.75, 3.05) is 17.2 Å². The lowest BCUT2D eigenvalue weighted by atomic mass is 10.00. The summed E-state index contributed by atoms with van der Waals surface area (Å²) in [4.78, 5) is 23.5. The van der Waals surface area contributed by atoms with Gasteiger partial charge in [-0.05, 0) is 78.9 Å². The third-order valence-electron chi connectivity index (χ3n) is 6.77. The fourth-order valence-corrected chi connectivity index (χ4v) is 5.68. The molecule has 1 N–H and O–H groups in total. The van der Waals surface area contributed by atoms with Gasteiger partial charge in [-0.2, -0.15) is 4.99 Å². The summed E-state index contributed by atoms with van der Waals surface area (Å²) in [5.41, 5.74) is 4.38. The van der Waals surface area contributed by atoms with E-state index in [9.17, 15) is 22.4 Å². The molecule has 1 saturated heterocycles. The third kappa shape index (κ3) is 8.29. The first-order chi connectivity index (χ1) is 21.4. The Morgan fingerprint density at radius 1 is 1.09 bits per heavy atom. The highest BCUT2D eigenvalue weighted by Crippen LogP contribution is 2.33. The van der Waals surface area contributed by atoms with Crippen molar-refractivity contribution >= 4 is 34.7 Å². The van der Waals surface area contributed by atoms with Gasteiger partial charge in [-0.15, -0.1) is 18.3 Å². The highest BCUT2D eigenvalue weighted by molar-refractivity contribution is 8.14. The van der Waals surface area contributed by atoms with Crippen molar-refractivity contribution in [1.29, 1.82) is 0 Å². The zero-order valence-electron chi connectivity index (χ0n) is 24.7. The molecule has 0 radical (unpaired) electrons. The van der Waals surface area contributed by atoms with Crippen LogP contribution in [0.15, 0.2) is 83.7 Å². The first-order valence-electron chi connectivity index (χ1n) is 14.1. The molecule has 1 aliphatic rings. The van der Waals surface area contributed by atoms with E-state index < -0.39 is 12.4 Å². The van der Waals surface area contributed by atoms with E-state index in [0.29, 0.717) is 28.9 Å². The summed E-state index contributed by atoms with van der Waals surface area (Å²) >= 11 is 1.49. The molecule has 2 heterocycles. The zero-order chi connectivity index (χ0) is 32.1. The number of urea groups is 1. The molecule has 1 fully saturated rings. The van der Waals surface area contributed by atoms with Crippen LogP contribution in [0.25, 0.3) is 23.2 Å². The summed E-state index contributed by atoms with van der Waals surface area (Å²) < 4.78 is 56.6. The van der Waals surface area contributed by atoms with Crippen LogP contribution in [0.4, 0.5) is 28.0 Å². The topological polar surface area (TPSA) is 84.6 Å². The number of halogens is 4. The van der Waals surface area contributed by atoms with Crippen LogP contribution >= 0.6 is 11.8 Å². The van der Waals surface area contributed by atoms with E-state index in [2.05, 4.69) is 25.1 Å². The number of nitrogens with one attached hydrogen (secondary N) is 1. The molecule has 5 rings (SSSR count). The van der Waals surface area contributed by atoms with Crippen LogP contribution in [-0.2, 0) is 0 Å². The van der Waals surface area contributed by atoms with Crippen LogP contribution in [0.1, 0.15) is 44.2 Å². The number of thioether (sulfide) groups is 1. The fraction of sp³-hybridized carbons (Fsp3) is 0.250. The van der Waals surface area contributed by atoms with Crippen LogP contribution in [0.5, 0.6) is 5.75 Å². The average Bonchev–Trinajstić information content (AvgIpc) is 3.48. The molecule has 45 heavy (non-hydrogen) atoms. The van der Waals surface area contributed by atoms with E-state index in [-0.39, 0.29) is 17.5 Å². The summed E-state index contributed by atoms with van der Waals surface area (Å²) in [7, 11) is 0. The first kappa shape index (κ1) is 31.8.